The molecule has 2 saturated carbocycles. The molecule has 2 aliphatic rings. The molecule has 1 aromatic rings. The summed E-state index contributed by atoms with van der Waals surface area (Å²) in [4.78, 5) is 4.21. The summed E-state index contributed by atoms with van der Waals surface area (Å²) in [6.45, 7) is 4.68. The predicted molar refractivity (Wildman–Crippen MR) is 73.4 cm³/mol. The van der Waals surface area contributed by atoms with Crippen LogP contribution in [0.1, 0.15) is 37.5 Å². The van der Waals surface area contributed by atoms with E-state index in [0.717, 1.165) is 25.2 Å². The van der Waals surface area contributed by atoms with Crippen LogP contribution in [0.2, 0.25) is 0 Å². The first-order chi connectivity index (χ1) is 8.33. The van der Waals surface area contributed by atoms with Crippen LogP contribution < -0.4 is 5.32 Å². The van der Waals surface area contributed by atoms with Crippen molar-refractivity contribution in [3.8, 4) is 0 Å². The van der Waals surface area contributed by atoms with E-state index in [1.807, 2.05) is 11.3 Å². The molecule has 0 amide bonds. The molecule has 0 saturated heterocycles. The summed E-state index contributed by atoms with van der Waals surface area (Å²) in [6, 6.07) is 6.79. The Bertz CT molecular complexity index is 341. The van der Waals surface area contributed by atoms with Gasteiger partial charge in [0.25, 0.3) is 0 Å². The summed E-state index contributed by atoms with van der Waals surface area (Å²) in [5.74, 6) is 0. The van der Waals surface area contributed by atoms with E-state index in [9.17, 15) is 0 Å². The number of thiophene rings is 1. The van der Waals surface area contributed by atoms with Crippen molar-refractivity contribution in [3.63, 3.8) is 0 Å². The normalized spacial score (nSPS) is 22.0. The molecule has 3 rings (SSSR count). The highest BCUT2D eigenvalue weighted by atomic mass is 32.1. The second-order valence-corrected chi connectivity index (χ2v) is 6.55. The van der Waals surface area contributed by atoms with Crippen LogP contribution in [0.25, 0.3) is 0 Å². The van der Waals surface area contributed by atoms with Gasteiger partial charge >= 0.3 is 0 Å². The first kappa shape index (κ1) is 11.7. The molecular weight excluding hydrogens is 228 g/mol. The van der Waals surface area contributed by atoms with Crippen LogP contribution in [-0.2, 0) is 6.54 Å². The molecule has 2 nitrogen and oxygen atoms in total. The quantitative estimate of drug-likeness (QED) is 0.800. The Morgan fingerprint density at radius 3 is 2.82 bits per heavy atom. The summed E-state index contributed by atoms with van der Waals surface area (Å²) >= 11 is 1.89. The highest BCUT2D eigenvalue weighted by Gasteiger charge is 2.33. The van der Waals surface area contributed by atoms with Crippen molar-refractivity contribution < 1.29 is 0 Å². The molecule has 0 radical (unpaired) electrons. The van der Waals surface area contributed by atoms with Gasteiger partial charge in [-0.05, 0) is 44.1 Å². The highest BCUT2D eigenvalue weighted by molar-refractivity contribution is 7.09. The molecule has 1 N–H and O–H groups in total. The van der Waals surface area contributed by atoms with E-state index in [4.69, 9.17) is 0 Å². The topological polar surface area (TPSA) is 15.3 Å². The van der Waals surface area contributed by atoms with Gasteiger partial charge in [-0.25, -0.2) is 0 Å². The first-order valence-corrected chi connectivity index (χ1v) is 7.72. The van der Waals surface area contributed by atoms with Gasteiger partial charge in [0.15, 0.2) is 0 Å². The van der Waals surface area contributed by atoms with Crippen LogP contribution in [0.4, 0.5) is 0 Å². The molecule has 2 fully saturated rings. The van der Waals surface area contributed by atoms with Gasteiger partial charge in [0.2, 0.25) is 0 Å². The van der Waals surface area contributed by atoms with Crippen LogP contribution >= 0.6 is 11.3 Å². The summed E-state index contributed by atoms with van der Waals surface area (Å²) < 4.78 is 0. The summed E-state index contributed by atoms with van der Waals surface area (Å²) in [5.41, 5.74) is 0. The third kappa shape index (κ3) is 3.30. The molecule has 94 valence electrons. The van der Waals surface area contributed by atoms with Crippen LogP contribution in [-0.4, -0.2) is 29.6 Å². The van der Waals surface area contributed by atoms with Gasteiger partial charge in [-0.2, -0.15) is 0 Å². The lowest BCUT2D eigenvalue weighted by Crippen LogP contribution is -2.41. The maximum absolute atomic E-state index is 3.66. The number of hydrogen-bond acceptors (Lipinski definition) is 3. The predicted octanol–water partition coefficient (Wildman–Crippen LogP) is 2.85. The van der Waals surface area contributed by atoms with E-state index in [1.54, 1.807) is 0 Å². The largest absolute Gasteiger partial charge is 0.312 e. The van der Waals surface area contributed by atoms with E-state index in [0.29, 0.717) is 6.04 Å². The van der Waals surface area contributed by atoms with Crippen molar-refractivity contribution in [1.29, 1.82) is 0 Å². The molecule has 17 heavy (non-hydrogen) atoms. The van der Waals surface area contributed by atoms with Gasteiger partial charge in [0.1, 0.15) is 0 Å². The molecular formula is C14H22N2S. The fraction of sp³-hybridized carbons (Fsp3) is 0.714. The van der Waals surface area contributed by atoms with Crippen molar-refractivity contribution in [3.05, 3.63) is 22.4 Å². The van der Waals surface area contributed by atoms with E-state index in [1.165, 1.54) is 30.6 Å². The molecule has 2 aliphatic carbocycles. The fourth-order valence-electron chi connectivity index (χ4n) is 2.38. The van der Waals surface area contributed by atoms with Crippen LogP contribution in [0.5, 0.6) is 0 Å². The highest BCUT2D eigenvalue weighted by Crippen LogP contribution is 2.31. The number of nitrogens with one attached hydrogen (secondary N) is 1. The summed E-state index contributed by atoms with van der Waals surface area (Å²) in [6.07, 6.45) is 5.58. The Labute approximate surface area is 108 Å². The van der Waals surface area contributed by atoms with E-state index in [-0.39, 0.29) is 0 Å². The van der Waals surface area contributed by atoms with Gasteiger partial charge in [-0.1, -0.05) is 6.07 Å². The summed E-state index contributed by atoms with van der Waals surface area (Å²) in [5, 5.41) is 5.85. The maximum atomic E-state index is 3.66. The van der Waals surface area contributed by atoms with Gasteiger partial charge in [0.05, 0.1) is 0 Å². The van der Waals surface area contributed by atoms with Gasteiger partial charge in [0, 0.05) is 36.1 Å². The van der Waals surface area contributed by atoms with E-state index >= 15 is 0 Å². The first-order valence-electron chi connectivity index (χ1n) is 6.84. The minimum Gasteiger partial charge on any atom is -0.312 e. The fourth-order valence-corrected chi connectivity index (χ4v) is 3.09. The molecule has 1 aromatic heterocycles. The zero-order valence-electron chi connectivity index (χ0n) is 10.6. The van der Waals surface area contributed by atoms with E-state index < -0.39 is 0 Å². The molecule has 0 aliphatic heterocycles. The standard InChI is InChI=1S/C14H22N2S/c1-11(9-15-12-4-5-12)16(13-6-7-13)10-14-3-2-8-17-14/h2-3,8,11-13,15H,4-7,9-10H2,1H3. The Morgan fingerprint density at radius 2 is 2.24 bits per heavy atom. The van der Waals surface area contributed by atoms with Gasteiger partial charge in [-0.15, -0.1) is 11.3 Å². The lowest BCUT2D eigenvalue weighted by atomic mass is 10.2. The Hall–Kier alpha value is -0.380. The molecule has 0 spiro atoms. The molecule has 1 heterocycles. The average Bonchev–Trinajstić information content (AvgIpc) is 3.24. The zero-order chi connectivity index (χ0) is 11.7. The van der Waals surface area contributed by atoms with Crippen molar-refractivity contribution >= 4 is 11.3 Å². The summed E-state index contributed by atoms with van der Waals surface area (Å²) in [7, 11) is 0. The second-order valence-electron chi connectivity index (χ2n) is 5.51. The van der Waals surface area contributed by atoms with Gasteiger partial charge < -0.3 is 5.32 Å². The number of rotatable bonds is 7. The second kappa shape index (κ2) is 5.09. The lowest BCUT2D eigenvalue weighted by Gasteiger charge is -2.29. The van der Waals surface area contributed by atoms with E-state index in [2.05, 4.69) is 34.7 Å². The third-order valence-electron chi connectivity index (χ3n) is 3.78. The molecule has 1 unspecified atom stereocenters. The van der Waals surface area contributed by atoms with Gasteiger partial charge in [-0.3, -0.25) is 4.90 Å². The smallest absolute Gasteiger partial charge is 0.0334 e. The van der Waals surface area contributed by atoms with Crippen LogP contribution in [0, 0.1) is 0 Å². The number of nitrogens with zero attached hydrogens (tertiary/aromatic N) is 1. The minimum absolute atomic E-state index is 0.671. The molecule has 0 aromatic carbocycles. The maximum Gasteiger partial charge on any atom is 0.0334 e. The lowest BCUT2D eigenvalue weighted by molar-refractivity contribution is 0.186. The third-order valence-corrected chi connectivity index (χ3v) is 4.64. The van der Waals surface area contributed by atoms with Crippen molar-refractivity contribution in [2.75, 3.05) is 6.54 Å². The number of hydrogen-bond donors (Lipinski definition) is 1. The SMILES string of the molecule is CC(CNC1CC1)N(Cc1cccs1)C1CC1. The molecule has 3 heteroatoms. The average molecular weight is 250 g/mol. The monoisotopic (exact) mass is 250 g/mol. The Kier molecular flexibility index (Phi) is 3.50. The van der Waals surface area contributed by atoms with Crippen molar-refractivity contribution in [2.24, 2.45) is 0 Å². The van der Waals surface area contributed by atoms with Crippen LogP contribution in [0.3, 0.4) is 0 Å². The zero-order valence-corrected chi connectivity index (χ0v) is 11.4. The van der Waals surface area contributed by atoms with Crippen molar-refractivity contribution in [2.45, 2.75) is 57.3 Å². The van der Waals surface area contributed by atoms with Crippen molar-refractivity contribution in [1.82, 2.24) is 10.2 Å². The molecule has 0 bridgehead atoms. The Balaban J connectivity index is 1.54. The Morgan fingerprint density at radius 1 is 1.41 bits per heavy atom. The molecule has 1 atom stereocenters. The van der Waals surface area contributed by atoms with Crippen LogP contribution in [0.15, 0.2) is 17.5 Å². The minimum atomic E-state index is 0.671.